The van der Waals surface area contributed by atoms with Crippen molar-refractivity contribution in [3.05, 3.63) is 47.0 Å². The van der Waals surface area contributed by atoms with E-state index in [1.165, 1.54) is 0 Å². The van der Waals surface area contributed by atoms with Crippen molar-refractivity contribution in [2.24, 2.45) is 0 Å². The maximum Gasteiger partial charge on any atom is 0.252 e. The third-order valence-corrected chi connectivity index (χ3v) is 4.24. The lowest BCUT2D eigenvalue weighted by Crippen LogP contribution is -2.51. The number of amides is 1. The number of Topliss-reactive ketones (excluding diaryl/α,β-unsaturated/α-hetero) is 1. The molecule has 1 atom stereocenters. The van der Waals surface area contributed by atoms with Gasteiger partial charge in [-0.15, -0.1) is 11.6 Å². The molecule has 0 aliphatic heterocycles. The van der Waals surface area contributed by atoms with Crippen LogP contribution in [0.2, 0.25) is 5.02 Å². The molecule has 1 amide bonds. The number of benzene rings is 2. The van der Waals surface area contributed by atoms with Crippen LogP contribution >= 0.6 is 39.1 Å². The summed E-state index contributed by atoms with van der Waals surface area (Å²) in [6.07, 6.45) is 0. The van der Waals surface area contributed by atoms with Crippen molar-refractivity contribution in [3.8, 4) is 0 Å². The number of ketones is 1. The van der Waals surface area contributed by atoms with E-state index in [4.69, 9.17) is 23.2 Å². The first-order chi connectivity index (χ1) is 10.2. The smallest absolute Gasteiger partial charge is 0.252 e. The molecule has 2 aromatic rings. The van der Waals surface area contributed by atoms with Gasteiger partial charge in [0.15, 0.2) is 5.78 Å². The van der Waals surface area contributed by atoms with Gasteiger partial charge in [-0.25, -0.2) is 0 Å². The monoisotopic (exact) mass is 401 g/mol. The van der Waals surface area contributed by atoms with Crippen LogP contribution in [0.15, 0.2) is 36.4 Å². The van der Waals surface area contributed by atoms with Crippen LogP contribution in [-0.4, -0.2) is 21.5 Å². The molecule has 0 aliphatic carbocycles. The molecular formula is C16H14BrCl2NO2. The van der Waals surface area contributed by atoms with E-state index in [9.17, 15) is 9.59 Å². The van der Waals surface area contributed by atoms with E-state index in [2.05, 4.69) is 21.2 Å². The van der Waals surface area contributed by atoms with Gasteiger partial charge in [-0.05, 0) is 31.4 Å². The van der Waals surface area contributed by atoms with Crippen molar-refractivity contribution < 1.29 is 9.59 Å². The van der Waals surface area contributed by atoms with Gasteiger partial charge in [-0.2, -0.15) is 0 Å². The fraction of sp³-hybridized carbons (Fsp3) is 0.250. The van der Waals surface area contributed by atoms with Crippen LogP contribution in [0.3, 0.4) is 0 Å². The number of carbonyl (C=O) groups excluding carboxylic acids is 2. The van der Waals surface area contributed by atoms with Crippen molar-refractivity contribution in [1.29, 1.82) is 0 Å². The second kappa shape index (κ2) is 6.57. The molecule has 2 aromatic carbocycles. The first kappa shape index (κ1) is 17.3. The Labute approximate surface area is 147 Å². The molecule has 0 spiro atoms. The summed E-state index contributed by atoms with van der Waals surface area (Å²) in [5.41, 5.74) is -0.698. The van der Waals surface area contributed by atoms with Crippen LogP contribution in [0.25, 0.3) is 10.8 Å². The van der Waals surface area contributed by atoms with Gasteiger partial charge < -0.3 is 5.32 Å². The summed E-state index contributed by atoms with van der Waals surface area (Å²) >= 11 is 15.0. The molecule has 6 heteroatoms. The molecule has 0 radical (unpaired) electrons. The number of rotatable bonds is 4. The predicted octanol–water partition coefficient (Wildman–Crippen LogP) is 4.53. The third-order valence-electron chi connectivity index (χ3n) is 3.31. The minimum Gasteiger partial charge on any atom is -0.340 e. The number of halogens is 3. The molecular weight excluding hydrogens is 389 g/mol. The highest BCUT2D eigenvalue weighted by molar-refractivity contribution is 9.10. The van der Waals surface area contributed by atoms with Gasteiger partial charge in [-0.3, -0.25) is 9.59 Å². The largest absolute Gasteiger partial charge is 0.340 e. The Morgan fingerprint density at radius 2 is 1.86 bits per heavy atom. The van der Waals surface area contributed by atoms with E-state index in [0.717, 1.165) is 10.8 Å². The van der Waals surface area contributed by atoms with Crippen molar-refractivity contribution in [3.63, 3.8) is 0 Å². The first-order valence-electron chi connectivity index (χ1n) is 6.55. The van der Waals surface area contributed by atoms with Crippen LogP contribution in [0.5, 0.6) is 0 Å². The van der Waals surface area contributed by atoms with Crippen molar-refractivity contribution >= 4 is 61.6 Å². The molecule has 1 unspecified atom stereocenters. The summed E-state index contributed by atoms with van der Waals surface area (Å²) in [5.74, 6) is -0.703. The maximum absolute atomic E-state index is 12.4. The molecule has 0 bridgehead atoms. The Bertz CT molecular complexity index is 744. The standard InChI is InChI=1S/C16H14BrCl2NO2/c1-16(2,13(21)14(17)19)20-15(22)10-7-9-5-3-4-6-11(9)12(18)8-10/h3-8,14H,1-2H3,(H,20,22). The second-order valence-corrected chi connectivity index (χ2v) is 7.71. The van der Waals surface area contributed by atoms with E-state index in [1.807, 2.05) is 24.3 Å². The Morgan fingerprint density at radius 3 is 2.50 bits per heavy atom. The lowest BCUT2D eigenvalue weighted by molar-refractivity contribution is -0.122. The summed E-state index contributed by atoms with van der Waals surface area (Å²) in [6, 6.07) is 10.8. The Hall–Kier alpha value is -1.10. The van der Waals surface area contributed by atoms with E-state index in [1.54, 1.807) is 26.0 Å². The average Bonchev–Trinajstić information content (AvgIpc) is 2.45. The molecule has 0 aromatic heterocycles. The van der Waals surface area contributed by atoms with Crippen LogP contribution in [0, 0.1) is 0 Å². The maximum atomic E-state index is 12.4. The summed E-state index contributed by atoms with van der Waals surface area (Å²) in [5, 5.41) is 4.91. The average molecular weight is 403 g/mol. The lowest BCUT2D eigenvalue weighted by Gasteiger charge is -2.25. The molecule has 0 saturated carbocycles. The Kier molecular flexibility index (Phi) is 5.15. The van der Waals surface area contributed by atoms with E-state index in [-0.39, 0.29) is 11.7 Å². The highest BCUT2D eigenvalue weighted by Crippen LogP contribution is 2.26. The zero-order chi connectivity index (χ0) is 16.5. The van der Waals surface area contributed by atoms with Crippen LogP contribution < -0.4 is 5.32 Å². The van der Waals surface area contributed by atoms with Gasteiger partial charge in [0.1, 0.15) is 4.29 Å². The van der Waals surface area contributed by atoms with Crippen molar-refractivity contribution in [1.82, 2.24) is 5.32 Å². The fourth-order valence-electron chi connectivity index (χ4n) is 2.09. The summed E-state index contributed by atoms with van der Waals surface area (Å²) in [6.45, 7) is 3.21. The van der Waals surface area contributed by atoms with E-state index >= 15 is 0 Å². The number of fused-ring (bicyclic) bond motifs is 1. The SMILES string of the molecule is CC(C)(NC(=O)c1cc(Cl)c2ccccc2c1)C(=O)C(Cl)Br. The van der Waals surface area contributed by atoms with Gasteiger partial charge in [-0.1, -0.05) is 51.8 Å². The van der Waals surface area contributed by atoms with Crippen LogP contribution in [0.1, 0.15) is 24.2 Å². The van der Waals surface area contributed by atoms with E-state index < -0.39 is 9.83 Å². The summed E-state index contributed by atoms with van der Waals surface area (Å²) in [4.78, 5) is 24.4. The number of hydrogen-bond acceptors (Lipinski definition) is 2. The van der Waals surface area contributed by atoms with Gasteiger partial charge in [0, 0.05) is 16.0 Å². The lowest BCUT2D eigenvalue weighted by atomic mass is 9.99. The summed E-state index contributed by atoms with van der Waals surface area (Å²) < 4.78 is -0.858. The van der Waals surface area contributed by atoms with Gasteiger partial charge in [0.25, 0.3) is 5.91 Å². The minimum absolute atomic E-state index is 0.325. The number of nitrogens with one attached hydrogen (secondary N) is 1. The molecule has 116 valence electrons. The molecule has 22 heavy (non-hydrogen) atoms. The number of hydrogen-bond donors (Lipinski definition) is 1. The zero-order valence-electron chi connectivity index (χ0n) is 12.0. The molecule has 1 N–H and O–H groups in total. The molecule has 0 fully saturated rings. The zero-order valence-corrected chi connectivity index (χ0v) is 15.1. The van der Waals surface area contributed by atoms with E-state index in [0.29, 0.717) is 10.6 Å². The van der Waals surface area contributed by atoms with Crippen LogP contribution in [-0.2, 0) is 4.79 Å². The van der Waals surface area contributed by atoms with Gasteiger partial charge >= 0.3 is 0 Å². The number of carbonyl (C=O) groups is 2. The quantitative estimate of drug-likeness (QED) is 0.763. The molecule has 2 rings (SSSR count). The predicted molar refractivity (Wildman–Crippen MR) is 94.1 cm³/mol. The molecule has 3 nitrogen and oxygen atoms in total. The fourth-order valence-corrected chi connectivity index (χ4v) is 3.22. The second-order valence-electron chi connectivity index (χ2n) is 5.42. The molecule has 0 saturated heterocycles. The Morgan fingerprint density at radius 1 is 1.23 bits per heavy atom. The number of alkyl halides is 2. The van der Waals surface area contributed by atoms with Crippen LogP contribution in [0.4, 0.5) is 0 Å². The third kappa shape index (κ3) is 3.62. The topological polar surface area (TPSA) is 46.2 Å². The normalized spacial score (nSPS) is 13.0. The first-order valence-corrected chi connectivity index (χ1v) is 8.28. The molecule has 0 heterocycles. The van der Waals surface area contributed by atoms with Gasteiger partial charge in [0.2, 0.25) is 0 Å². The van der Waals surface area contributed by atoms with Crippen molar-refractivity contribution in [2.75, 3.05) is 0 Å². The Balaban J connectivity index is 2.32. The summed E-state index contributed by atoms with van der Waals surface area (Å²) in [7, 11) is 0. The molecule has 0 aliphatic rings. The highest BCUT2D eigenvalue weighted by Gasteiger charge is 2.33. The van der Waals surface area contributed by atoms with Gasteiger partial charge in [0.05, 0.1) is 5.54 Å². The minimum atomic E-state index is -1.09. The highest BCUT2D eigenvalue weighted by atomic mass is 79.9. The van der Waals surface area contributed by atoms with Crippen molar-refractivity contribution in [2.45, 2.75) is 23.7 Å².